The molecule has 0 bridgehead atoms. The van der Waals surface area contributed by atoms with Crippen molar-refractivity contribution in [2.45, 2.75) is 17.9 Å². The molecule has 2 rings (SSSR count). The van der Waals surface area contributed by atoms with E-state index in [1.54, 1.807) is 12.1 Å². The first kappa shape index (κ1) is 16.8. The van der Waals surface area contributed by atoms with E-state index < -0.39 is 11.6 Å². The minimum Gasteiger partial charge on any atom is -0.352 e. The van der Waals surface area contributed by atoms with Crippen LogP contribution in [-0.4, -0.2) is 11.7 Å². The number of hydrogen-bond acceptors (Lipinski definition) is 2. The Labute approximate surface area is 136 Å². The fourth-order valence-electron chi connectivity index (χ4n) is 1.76. The Kier molecular flexibility index (Phi) is 6.21. The average molecular weight is 342 g/mol. The molecule has 2 nitrogen and oxygen atoms in total. The van der Waals surface area contributed by atoms with Gasteiger partial charge in [0.25, 0.3) is 0 Å². The van der Waals surface area contributed by atoms with Gasteiger partial charge in [0.05, 0.1) is 0 Å². The van der Waals surface area contributed by atoms with Gasteiger partial charge in [0, 0.05) is 28.6 Å². The molecular weight excluding hydrogens is 328 g/mol. The third kappa shape index (κ3) is 5.31. The Morgan fingerprint density at radius 3 is 2.68 bits per heavy atom. The summed E-state index contributed by atoms with van der Waals surface area (Å²) in [6.07, 6.45) is 0.296. The molecule has 0 saturated heterocycles. The van der Waals surface area contributed by atoms with Gasteiger partial charge in [-0.25, -0.2) is 8.78 Å². The second-order valence-corrected chi connectivity index (χ2v) is 6.19. The molecule has 0 atom stereocenters. The van der Waals surface area contributed by atoms with E-state index in [0.29, 0.717) is 28.6 Å². The Hall–Kier alpha value is -1.59. The number of hydrogen-bond donors (Lipinski definition) is 1. The van der Waals surface area contributed by atoms with Crippen LogP contribution in [0, 0.1) is 11.6 Å². The van der Waals surface area contributed by atoms with Crippen LogP contribution in [0.15, 0.2) is 47.4 Å². The van der Waals surface area contributed by atoms with Crippen molar-refractivity contribution in [2.24, 2.45) is 0 Å². The first-order chi connectivity index (χ1) is 10.5. The Morgan fingerprint density at radius 1 is 1.14 bits per heavy atom. The van der Waals surface area contributed by atoms with E-state index in [0.717, 1.165) is 17.7 Å². The van der Waals surface area contributed by atoms with Gasteiger partial charge in [-0.1, -0.05) is 23.7 Å². The average Bonchev–Trinajstić information content (AvgIpc) is 2.49. The smallest absolute Gasteiger partial charge is 0.221 e. The van der Waals surface area contributed by atoms with Crippen LogP contribution in [0.3, 0.4) is 0 Å². The lowest BCUT2D eigenvalue weighted by Crippen LogP contribution is -2.22. The number of benzene rings is 2. The van der Waals surface area contributed by atoms with Gasteiger partial charge >= 0.3 is 0 Å². The van der Waals surface area contributed by atoms with Crippen molar-refractivity contribution in [1.29, 1.82) is 0 Å². The van der Waals surface area contributed by atoms with Gasteiger partial charge in [0.2, 0.25) is 5.91 Å². The maximum atomic E-state index is 13.0. The van der Waals surface area contributed by atoms with Gasteiger partial charge < -0.3 is 5.32 Å². The van der Waals surface area contributed by atoms with E-state index in [1.807, 2.05) is 12.1 Å². The van der Waals surface area contributed by atoms with E-state index in [-0.39, 0.29) is 5.91 Å². The summed E-state index contributed by atoms with van der Waals surface area (Å²) in [7, 11) is 0. The number of carbonyl (C=O) groups is 1. The van der Waals surface area contributed by atoms with Crippen molar-refractivity contribution in [2.75, 3.05) is 5.75 Å². The molecule has 1 amide bonds. The van der Waals surface area contributed by atoms with Crippen molar-refractivity contribution in [1.82, 2.24) is 5.32 Å². The van der Waals surface area contributed by atoms with Crippen LogP contribution < -0.4 is 5.32 Å². The summed E-state index contributed by atoms with van der Waals surface area (Å²) in [6.45, 7) is 0.412. The van der Waals surface area contributed by atoms with Gasteiger partial charge in [0.15, 0.2) is 11.6 Å². The van der Waals surface area contributed by atoms with Crippen LogP contribution in [0.4, 0.5) is 8.78 Å². The number of halogens is 3. The molecule has 116 valence electrons. The van der Waals surface area contributed by atoms with Crippen molar-refractivity contribution in [3.05, 3.63) is 64.7 Å². The SMILES string of the molecule is O=C(CCSc1ccc(F)c(F)c1)NCc1cccc(Cl)c1. The monoisotopic (exact) mass is 341 g/mol. The second kappa shape index (κ2) is 8.15. The predicted molar refractivity (Wildman–Crippen MR) is 85.0 cm³/mol. The minimum atomic E-state index is -0.879. The second-order valence-electron chi connectivity index (χ2n) is 4.58. The summed E-state index contributed by atoms with van der Waals surface area (Å²) in [4.78, 5) is 12.3. The number of thioether (sulfide) groups is 1. The molecule has 0 unspecified atom stereocenters. The van der Waals surface area contributed by atoms with Gasteiger partial charge in [0.1, 0.15) is 0 Å². The van der Waals surface area contributed by atoms with E-state index in [9.17, 15) is 13.6 Å². The fraction of sp³-hybridized carbons (Fsp3) is 0.188. The van der Waals surface area contributed by atoms with E-state index in [1.165, 1.54) is 17.8 Å². The summed E-state index contributed by atoms with van der Waals surface area (Å²) in [5.41, 5.74) is 0.925. The molecule has 0 radical (unpaired) electrons. The molecule has 0 spiro atoms. The zero-order valence-electron chi connectivity index (χ0n) is 11.6. The highest BCUT2D eigenvalue weighted by Gasteiger charge is 2.05. The van der Waals surface area contributed by atoms with Crippen LogP contribution in [0.5, 0.6) is 0 Å². The maximum Gasteiger partial charge on any atom is 0.221 e. The number of rotatable bonds is 6. The molecule has 0 aliphatic heterocycles. The number of amides is 1. The number of nitrogens with one attached hydrogen (secondary N) is 1. The van der Waals surface area contributed by atoms with Gasteiger partial charge in [-0.05, 0) is 35.9 Å². The molecule has 0 fully saturated rings. The van der Waals surface area contributed by atoms with Crippen LogP contribution in [0.2, 0.25) is 5.02 Å². The van der Waals surface area contributed by atoms with Crippen LogP contribution in [-0.2, 0) is 11.3 Å². The van der Waals surface area contributed by atoms with E-state index in [2.05, 4.69) is 5.32 Å². The summed E-state index contributed by atoms with van der Waals surface area (Å²) >= 11 is 7.17. The quantitative estimate of drug-likeness (QED) is 0.788. The van der Waals surface area contributed by atoms with Crippen LogP contribution in [0.25, 0.3) is 0 Å². The topological polar surface area (TPSA) is 29.1 Å². The minimum absolute atomic E-state index is 0.102. The number of carbonyl (C=O) groups excluding carboxylic acids is 1. The highest BCUT2D eigenvalue weighted by molar-refractivity contribution is 7.99. The predicted octanol–water partition coefficient (Wildman–Crippen LogP) is 4.42. The molecule has 0 saturated carbocycles. The first-order valence-corrected chi connectivity index (χ1v) is 8.00. The Bertz CT molecular complexity index is 666. The molecule has 22 heavy (non-hydrogen) atoms. The molecule has 1 N–H and O–H groups in total. The van der Waals surface area contributed by atoms with Crippen molar-refractivity contribution in [3.63, 3.8) is 0 Å². The molecule has 0 aromatic heterocycles. The molecule has 0 heterocycles. The fourth-order valence-corrected chi connectivity index (χ4v) is 2.85. The van der Waals surface area contributed by atoms with E-state index >= 15 is 0 Å². The van der Waals surface area contributed by atoms with Gasteiger partial charge in [-0.3, -0.25) is 4.79 Å². The third-order valence-corrected chi connectivity index (χ3v) is 4.10. The van der Waals surface area contributed by atoms with Gasteiger partial charge in [-0.15, -0.1) is 11.8 Å². The van der Waals surface area contributed by atoms with Gasteiger partial charge in [-0.2, -0.15) is 0 Å². The maximum absolute atomic E-state index is 13.0. The third-order valence-electron chi connectivity index (χ3n) is 2.87. The van der Waals surface area contributed by atoms with Crippen molar-refractivity contribution < 1.29 is 13.6 Å². The highest BCUT2D eigenvalue weighted by Crippen LogP contribution is 2.21. The van der Waals surface area contributed by atoms with Crippen molar-refractivity contribution in [3.8, 4) is 0 Å². The molecule has 0 aliphatic rings. The van der Waals surface area contributed by atoms with Crippen molar-refractivity contribution >= 4 is 29.3 Å². The summed E-state index contributed by atoms with van der Waals surface area (Å²) < 4.78 is 25.8. The normalized spacial score (nSPS) is 10.5. The lowest BCUT2D eigenvalue weighted by atomic mass is 10.2. The Balaban J connectivity index is 1.72. The highest BCUT2D eigenvalue weighted by atomic mass is 35.5. The largest absolute Gasteiger partial charge is 0.352 e. The van der Waals surface area contributed by atoms with E-state index in [4.69, 9.17) is 11.6 Å². The summed E-state index contributed by atoms with van der Waals surface area (Å²) in [5, 5.41) is 3.41. The summed E-state index contributed by atoms with van der Waals surface area (Å²) in [5.74, 6) is -1.36. The van der Waals surface area contributed by atoms with Crippen LogP contribution in [0.1, 0.15) is 12.0 Å². The molecule has 2 aromatic rings. The molecule has 0 aliphatic carbocycles. The first-order valence-electron chi connectivity index (χ1n) is 6.63. The standard InChI is InChI=1S/C16H14ClF2NOS/c17-12-3-1-2-11(8-12)10-20-16(21)6-7-22-13-4-5-14(18)15(19)9-13/h1-5,8-9H,6-7,10H2,(H,20,21). The summed E-state index contributed by atoms with van der Waals surface area (Å²) in [6, 6.07) is 11.0. The zero-order chi connectivity index (χ0) is 15.9. The molecular formula is C16H14ClF2NOS. The zero-order valence-corrected chi connectivity index (χ0v) is 13.2. The molecule has 2 aromatic carbocycles. The lowest BCUT2D eigenvalue weighted by Gasteiger charge is -2.06. The molecule has 6 heteroatoms. The Morgan fingerprint density at radius 2 is 1.95 bits per heavy atom. The van der Waals surface area contributed by atoms with Crippen LogP contribution >= 0.6 is 23.4 Å². The lowest BCUT2D eigenvalue weighted by molar-refractivity contribution is -0.120.